The third kappa shape index (κ3) is 3.28. The van der Waals surface area contributed by atoms with E-state index < -0.39 is 5.97 Å². The largest absolute Gasteiger partial charge is 0.478 e. The molecule has 0 saturated heterocycles. The highest BCUT2D eigenvalue weighted by Crippen LogP contribution is 2.16. The maximum atomic E-state index is 12.1. The van der Waals surface area contributed by atoms with Crippen LogP contribution in [0.15, 0.2) is 30.5 Å². The first kappa shape index (κ1) is 14.8. The van der Waals surface area contributed by atoms with Crippen LogP contribution in [0.5, 0.6) is 0 Å². The fourth-order valence-electron chi connectivity index (χ4n) is 1.87. The van der Waals surface area contributed by atoms with E-state index in [4.69, 9.17) is 5.11 Å². The first-order chi connectivity index (χ1) is 9.88. The molecule has 2 rings (SSSR count). The Morgan fingerprint density at radius 3 is 2.57 bits per heavy atom. The van der Waals surface area contributed by atoms with Crippen molar-refractivity contribution < 1.29 is 14.7 Å². The lowest BCUT2D eigenvalue weighted by Crippen LogP contribution is -2.14. The molecule has 0 fully saturated rings. The minimum atomic E-state index is -1.02. The molecule has 21 heavy (non-hydrogen) atoms. The van der Waals surface area contributed by atoms with E-state index in [0.29, 0.717) is 16.9 Å². The predicted octanol–water partition coefficient (Wildman–Crippen LogP) is 2.72. The van der Waals surface area contributed by atoms with E-state index in [0.717, 1.165) is 0 Å². The minimum absolute atomic E-state index is 0.167. The quantitative estimate of drug-likeness (QED) is 0.905. The summed E-state index contributed by atoms with van der Waals surface area (Å²) in [5, 5.41) is 15.9. The molecule has 1 aromatic heterocycles. The van der Waals surface area contributed by atoms with E-state index in [1.165, 1.54) is 6.07 Å². The van der Waals surface area contributed by atoms with Crippen LogP contribution >= 0.6 is 0 Å². The Bertz CT molecular complexity index is 689. The van der Waals surface area contributed by atoms with Crippen LogP contribution in [-0.2, 0) is 0 Å². The Balaban J connectivity index is 2.19. The molecule has 0 aliphatic carbocycles. The molecular weight excluding hydrogens is 270 g/mol. The molecule has 0 aliphatic heterocycles. The van der Waals surface area contributed by atoms with Crippen molar-refractivity contribution >= 4 is 17.6 Å². The fourth-order valence-corrected chi connectivity index (χ4v) is 1.87. The van der Waals surface area contributed by atoms with Crippen molar-refractivity contribution in [3.8, 4) is 0 Å². The highest BCUT2D eigenvalue weighted by atomic mass is 16.4. The summed E-state index contributed by atoms with van der Waals surface area (Å²) in [6.07, 6.45) is 1.73. The number of aromatic carboxylic acids is 1. The molecule has 1 aromatic carbocycles. The zero-order valence-corrected chi connectivity index (χ0v) is 12.1. The molecule has 1 amide bonds. The van der Waals surface area contributed by atoms with Crippen LogP contribution in [0.1, 0.15) is 46.3 Å². The van der Waals surface area contributed by atoms with E-state index in [1.54, 1.807) is 36.0 Å². The van der Waals surface area contributed by atoms with Gasteiger partial charge in [0.1, 0.15) is 0 Å². The average Bonchev–Trinajstić information content (AvgIpc) is 2.90. The van der Waals surface area contributed by atoms with Crippen LogP contribution in [0.25, 0.3) is 0 Å². The molecule has 110 valence electrons. The van der Waals surface area contributed by atoms with Gasteiger partial charge in [0.15, 0.2) is 5.69 Å². The number of anilines is 1. The topological polar surface area (TPSA) is 84.2 Å². The summed E-state index contributed by atoms with van der Waals surface area (Å²) in [7, 11) is 0. The van der Waals surface area contributed by atoms with Crippen molar-refractivity contribution in [2.45, 2.75) is 26.8 Å². The molecule has 0 saturated carbocycles. The number of hydrogen-bond acceptors (Lipinski definition) is 3. The molecule has 2 aromatic rings. The van der Waals surface area contributed by atoms with Crippen molar-refractivity contribution in [2.75, 3.05) is 5.32 Å². The van der Waals surface area contributed by atoms with Crippen LogP contribution in [0.3, 0.4) is 0 Å². The number of amides is 1. The Kier molecular flexibility index (Phi) is 4.07. The molecule has 0 atom stereocenters. The van der Waals surface area contributed by atoms with Crippen LogP contribution in [-0.4, -0.2) is 26.8 Å². The first-order valence-corrected chi connectivity index (χ1v) is 6.59. The molecule has 6 nitrogen and oxygen atoms in total. The number of carbonyl (C=O) groups excluding carboxylic acids is 1. The monoisotopic (exact) mass is 287 g/mol. The maximum Gasteiger partial charge on any atom is 0.336 e. The highest BCUT2D eigenvalue weighted by molar-refractivity contribution is 6.03. The second-order valence-electron chi connectivity index (χ2n) is 5.06. The number of aromatic nitrogens is 2. The summed E-state index contributed by atoms with van der Waals surface area (Å²) in [6.45, 7) is 5.64. The van der Waals surface area contributed by atoms with E-state index in [-0.39, 0.29) is 17.5 Å². The summed E-state index contributed by atoms with van der Waals surface area (Å²) in [4.78, 5) is 23.2. The van der Waals surface area contributed by atoms with Gasteiger partial charge in [-0.25, -0.2) is 4.79 Å². The van der Waals surface area contributed by atoms with E-state index in [1.807, 2.05) is 13.8 Å². The number of carboxylic acids is 1. The first-order valence-electron chi connectivity index (χ1n) is 6.59. The number of carboxylic acid groups (broad SMARTS) is 1. The summed E-state index contributed by atoms with van der Waals surface area (Å²) >= 11 is 0. The normalized spacial score (nSPS) is 10.7. The Morgan fingerprint density at radius 1 is 1.29 bits per heavy atom. The number of carbonyl (C=O) groups is 2. The average molecular weight is 287 g/mol. The second kappa shape index (κ2) is 5.78. The van der Waals surface area contributed by atoms with Gasteiger partial charge in [-0.05, 0) is 44.5 Å². The SMILES string of the molecule is Cc1ccc(NC(=O)c2ccn(C(C)C)n2)cc1C(=O)O. The molecule has 0 unspecified atom stereocenters. The van der Waals surface area contributed by atoms with Crippen LogP contribution in [0.4, 0.5) is 5.69 Å². The van der Waals surface area contributed by atoms with E-state index in [9.17, 15) is 9.59 Å². The van der Waals surface area contributed by atoms with Crippen LogP contribution in [0, 0.1) is 6.92 Å². The molecule has 0 radical (unpaired) electrons. The summed E-state index contributed by atoms with van der Waals surface area (Å²) in [5.74, 6) is -1.39. The molecule has 0 bridgehead atoms. The van der Waals surface area contributed by atoms with Gasteiger partial charge < -0.3 is 10.4 Å². The van der Waals surface area contributed by atoms with Gasteiger partial charge >= 0.3 is 5.97 Å². The summed E-state index contributed by atoms with van der Waals surface area (Å²) in [6, 6.07) is 6.56. The molecule has 6 heteroatoms. The summed E-state index contributed by atoms with van der Waals surface area (Å²) in [5.41, 5.74) is 1.54. The Morgan fingerprint density at radius 2 is 2.00 bits per heavy atom. The second-order valence-corrected chi connectivity index (χ2v) is 5.06. The van der Waals surface area contributed by atoms with Crippen LogP contribution in [0.2, 0.25) is 0 Å². The van der Waals surface area contributed by atoms with Gasteiger partial charge in [-0.2, -0.15) is 5.10 Å². The maximum absolute atomic E-state index is 12.1. The zero-order chi connectivity index (χ0) is 15.6. The number of nitrogens with zero attached hydrogens (tertiary/aromatic N) is 2. The van der Waals surface area contributed by atoms with Crippen molar-refractivity contribution in [1.29, 1.82) is 0 Å². The zero-order valence-electron chi connectivity index (χ0n) is 12.1. The lowest BCUT2D eigenvalue weighted by atomic mass is 10.1. The third-order valence-electron chi connectivity index (χ3n) is 3.10. The summed E-state index contributed by atoms with van der Waals surface area (Å²) < 4.78 is 1.69. The van der Waals surface area contributed by atoms with Crippen molar-refractivity contribution in [2.24, 2.45) is 0 Å². The van der Waals surface area contributed by atoms with Crippen molar-refractivity contribution in [3.05, 3.63) is 47.3 Å². The van der Waals surface area contributed by atoms with Crippen molar-refractivity contribution in [1.82, 2.24) is 9.78 Å². The van der Waals surface area contributed by atoms with E-state index >= 15 is 0 Å². The third-order valence-corrected chi connectivity index (χ3v) is 3.10. The van der Waals surface area contributed by atoms with Crippen LogP contribution < -0.4 is 5.32 Å². The molecular formula is C15H17N3O3. The van der Waals surface area contributed by atoms with Gasteiger partial charge in [0, 0.05) is 17.9 Å². The predicted molar refractivity (Wildman–Crippen MR) is 78.7 cm³/mol. The van der Waals surface area contributed by atoms with Crippen molar-refractivity contribution in [3.63, 3.8) is 0 Å². The number of nitrogens with one attached hydrogen (secondary N) is 1. The number of hydrogen-bond donors (Lipinski definition) is 2. The van der Waals surface area contributed by atoms with Gasteiger partial charge in [0.2, 0.25) is 0 Å². The number of aryl methyl sites for hydroxylation is 1. The highest BCUT2D eigenvalue weighted by Gasteiger charge is 2.13. The molecule has 0 aliphatic rings. The lowest BCUT2D eigenvalue weighted by Gasteiger charge is -2.07. The minimum Gasteiger partial charge on any atom is -0.478 e. The van der Waals surface area contributed by atoms with Gasteiger partial charge in [-0.1, -0.05) is 6.07 Å². The lowest BCUT2D eigenvalue weighted by molar-refractivity contribution is 0.0695. The Labute approximate surface area is 122 Å². The number of rotatable bonds is 4. The number of benzene rings is 1. The van der Waals surface area contributed by atoms with Gasteiger partial charge in [-0.15, -0.1) is 0 Å². The van der Waals surface area contributed by atoms with Gasteiger partial charge in [0.25, 0.3) is 5.91 Å². The molecule has 2 N–H and O–H groups in total. The standard InChI is InChI=1S/C15H17N3O3/c1-9(2)18-7-6-13(17-18)14(19)16-11-5-4-10(3)12(8-11)15(20)21/h4-9H,1-3H3,(H,16,19)(H,20,21). The smallest absolute Gasteiger partial charge is 0.336 e. The Hall–Kier alpha value is -2.63. The van der Waals surface area contributed by atoms with E-state index in [2.05, 4.69) is 10.4 Å². The molecule has 1 heterocycles. The molecule has 0 spiro atoms. The van der Waals surface area contributed by atoms with Gasteiger partial charge in [-0.3, -0.25) is 9.48 Å². The van der Waals surface area contributed by atoms with Gasteiger partial charge in [0.05, 0.1) is 5.56 Å². The fraction of sp³-hybridized carbons (Fsp3) is 0.267.